The number of allylic oxidation sites excluding steroid dienone is 2. The molecule has 0 bridgehead atoms. The highest BCUT2D eigenvalue weighted by Crippen LogP contribution is 2.30. The molecule has 4 nitrogen and oxygen atoms in total. The fourth-order valence-electron chi connectivity index (χ4n) is 2.12. The summed E-state index contributed by atoms with van der Waals surface area (Å²) in [5.74, 6) is 3.05. The molecule has 0 saturated carbocycles. The van der Waals surface area contributed by atoms with Crippen molar-refractivity contribution >= 4 is 11.8 Å². The van der Waals surface area contributed by atoms with E-state index in [-0.39, 0.29) is 30.7 Å². The minimum Gasteiger partial charge on any atom is -0.485 e. The summed E-state index contributed by atoms with van der Waals surface area (Å²) in [6.45, 7) is 4.26. The zero-order chi connectivity index (χ0) is 14.3. The predicted octanol–water partition coefficient (Wildman–Crippen LogP) is 2.23. The van der Waals surface area contributed by atoms with E-state index in [9.17, 15) is 9.59 Å². The number of carbonyl (C=O) groups is 2. The van der Waals surface area contributed by atoms with Crippen molar-refractivity contribution in [1.82, 2.24) is 0 Å². The van der Waals surface area contributed by atoms with Gasteiger partial charge in [-0.2, -0.15) is 0 Å². The van der Waals surface area contributed by atoms with Gasteiger partial charge >= 0.3 is 5.97 Å². The number of hydrogen-bond donors (Lipinski definition) is 0. The molecule has 0 amide bonds. The number of ether oxygens (including phenoxy) is 2. The first-order valence-electron chi connectivity index (χ1n) is 6.55. The summed E-state index contributed by atoms with van der Waals surface area (Å²) in [5.41, 5.74) is 0.599. The molecule has 1 aliphatic carbocycles. The second-order valence-corrected chi connectivity index (χ2v) is 4.64. The van der Waals surface area contributed by atoms with Gasteiger partial charge < -0.3 is 9.47 Å². The Labute approximate surface area is 114 Å². The molecule has 0 aromatic heterocycles. The van der Waals surface area contributed by atoms with E-state index in [1.807, 2.05) is 6.92 Å². The average Bonchev–Trinajstić information content (AvgIpc) is 2.35. The van der Waals surface area contributed by atoms with Crippen molar-refractivity contribution in [3.8, 4) is 12.3 Å². The smallest absolute Gasteiger partial charge is 0.306 e. The third-order valence-corrected chi connectivity index (χ3v) is 2.96. The molecule has 0 saturated heterocycles. The highest BCUT2D eigenvalue weighted by Gasteiger charge is 2.26. The lowest BCUT2D eigenvalue weighted by Crippen LogP contribution is -2.20. The molecule has 0 aromatic rings. The van der Waals surface area contributed by atoms with Crippen LogP contribution in [0.3, 0.4) is 0 Å². The summed E-state index contributed by atoms with van der Waals surface area (Å²) in [4.78, 5) is 23.4. The van der Waals surface area contributed by atoms with Crippen LogP contribution in [0, 0.1) is 18.3 Å². The Morgan fingerprint density at radius 1 is 1.47 bits per heavy atom. The van der Waals surface area contributed by atoms with Crippen LogP contribution in [-0.4, -0.2) is 25.0 Å². The Kier molecular flexibility index (Phi) is 6.14. The van der Waals surface area contributed by atoms with Gasteiger partial charge in [-0.3, -0.25) is 9.59 Å². The summed E-state index contributed by atoms with van der Waals surface area (Å²) >= 11 is 0. The van der Waals surface area contributed by atoms with E-state index in [0.29, 0.717) is 37.2 Å². The molecule has 0 radical (unpaired) electrons. The van der Waals surface area contributed by atoms with Gasteiger partial charge in [0.05, 0.1) is 6.61 Å². The van der Waals surface area contributed by atoms with Crippen molar-refractivity contribution in [2.24, 2.45) is 5.92 Å². The van der Waals surface area contributed by atoms with Gasteiger partial charge in [-0.1, -0.05) is 12.8 Å². The second-order valence-electron chi connectivity index (χ2n) is 4.64. The molecule has 19 heavy (non-hydrogen) atoms. The number of esters is 1. The van der Waals surface area contributed by atoms with Crippen molar-refractivity contribution in [1.29, 1.82) is 0 Å². The summed E-state index contributed by atoms with van der Waals surface area (Å²) in [5, 5.41) is 0. The lowest BCUT2D eigenvalue weighted by atomic mass is 9.86. The molecule has 1 unspecified atom stereocenters. The molecular weight excluding hydrogens is 244 g/mol. The topological polar surface area (TPSA) is 52.6 Å². The second kappa shape index (κ2) is 7.63. The van der Waals surface area contributed by atoms with Crippen molar-refractivity contribution in [2.75, 3.05) is 13.2 Å². The maximum absolute atomic E-state index is 12.0. The fourth-order valence-corrected chi connectivity index (χ4v) is 2.12. The third kappa shape index (κ3) is 4.78. The van der Waals surface area contributed by atoms with E-state index >= 15 is 0 Å². The predicted molar refractivity (Wildman–Crippen MR) is 71.1 cm³/mol. The van der Waals surface area contributed by atoms with Crippen molar-refractivity contribution < 1.29 is 19.1 Å². The largest absolute Gasteiger partial charge is 0.485 e. The van der Waals surface area contributed by atoms with Crippen LogP contribution < -0.4 is 0 Å². The Morgan fingerprint density at radius 3 is 2.84 bits per heavy atom. The minimum absolute atomic E-state index is 0.0510. The van der Waals surface area contributed by atoms with Gasteiger partial charge in [-0.25, -0.2) is 0 Å². The van der Waals surface area contributed by atoms with E-state index in [1.54, 1.807) is 6.92 Å². The van der Waals surface area contributed by atoms with Gasteiger partial charge in [-0.15, -0.1) is 6.42 Å². The monoisotopic (exact) mass is 264 g/mol. The molecule has 104 valence electrons. The van der Waals surface area contributed by atoms with Crippen molar-refractivity contribution in [2.45, 2.75) is 39.5 Å². The maximum atomic E-state index is 12.0. The number of terminal acetylenes is 1. The standard InChI is InChI=1S/C15H20O4/c1-4-8-19-14-10-11(3)9-13(16)12(14)6-7-15(17)18-5-2/h1,11H,5-10H2,2-3H3. The Bertz CT molecular complexity index is 414. The van der Waals surface area contributed by atoms with E-state index in [0.717, 1.165) is 0 Å². The molecule has 4 heteroatoms. The van der Waals surface area contributed by atoms with E-state index in [1.165, 1.54) is 0 Å². The summed E-state index contributed by atoms with van der Waals surface area (Å²) in [7, 11) is 0. The third-order valence-electron chi connectivity index (χ3n) is 2.96. The number of carbonyl (C=O) groups excluding carboxylic acids is 2. The van der Waals surface area contributed by atoms with E-state index < -0.39 is 0 Å². The van der Waals surface area contributed by atoms with Crippen LogP contribution in [0.5, 0.6) is 0 Å². The molecule has 1 aliphatic rings. The highest BCUT2D eigenvalue weighted by molar-refractivity contribution is 5.97. The molecular formula is C15H20O4. The van der Waals surface area contributed by atoms with Gasteiger partial charge in [0, 0.05) is 24.8 Å². The highest BCUT2D eigenvalue weighted by atomic mass is 16.5. The van der Waals surface area contributed by atoms with Crippen molar-refractivity contribution in [3.05, 3.63) is 11.3 Å². The van der Waals surface area contributed by atoms with Gasteiger partial charge in [0.15, 0.2) is 5.78 Å². The lowest BCUT2D eigenvalue weighted by Gasteiger charge is -2.23. The molecule has 0 spiro atoms. The number of Topliss-reactive ketones (excluding diaryl/α,β-unsaturated/α-hetero) is 1. The number of ketones is 1. The quantitative estimate of drug-likeness (QED) is 0.545. The van der Waals surface area contributed by atoms with Crippen LogP contribution in [0.4, 0.5) is 0 Å². The van der Waals surface area contributed by atoms with E-state index in [4.69, 9.17) is 15.9 Å². The molecule has 0 N–H and O–H groups in total. The molecule has 0 aromatic carbocycles. The fraction of sp³-hybridized carbons (Fsp3) is 0.600. The zero-order valence-electron chi connectivity index (χ0n) is 11.5. The summed E-state index contributed by atoms with van der Waals surface area (Å²) in [6, 6.07) is 0. The van der Waals surface area contributed by atoms with Crippen molar-refractivity contribution in [3.63, 3.8) is 0 Å². The maximum Gasteiger partial charge on any atom is 0.306 e. The first-order valence-corrected chi connectivity index (χ1v) is 6.55. The average molecular weight is 264 g/mol. The lowest BCUT2D eigenvalue weighted by molar-refractivity contribution is -0.143. The first kappa shape index (κ1) is 15.3. The van der Waals surface area contributed by atoms with Crippen LogP contribution in [0.1, 0.15) is 39.5 Å². The Balaban J connectivity index is 2.73. The van der Waals surface area contributed by atoms with Crippen LogP contribution in [-0.2, 0) is 19.1 Å². The molecule has 0 aliphatic heterocycles. The van der Waals surface area contributed by atoms with Gasteiger partial charge in [0.2, 0.25) is 0 Å². The Hall–Kier alpha value is -1.76. The molecule has 1 atom stereocenters. The van der Waals surface area contributed by atoms with Gasteiger partial charge in [0.1, 0.15) is 12.4 Å². The van der Waals surface area contributed by atoms with Crippen LogP contribution in [0.2, 0.25) is 0 Å². The SMILES string of the molecule is C#CCOC1=C(CCC(=O)OCC)C(=O)CC(C)C1. The van der Waals surface area contributed by atoms with Crippen LogP contribution in [0.15, 0.2) is 11.3 Å². The molecule has 0 heterocycles. The first-order chi connectivity index (χ1) is 9.08. The number of rotatable bonds is 6. The minimum atomic E-state index is -0.294. The normalized spacial score (nSPS) is 19.0. The Morgan fingerprint density at radius 2 is 2.21 bits per heavy atom. The van der Waals surface area contributed by atoms with Gasteiger partial charge in [0.25, 0.3) is 0 Å². The number of hydrogen-bond acceptors (Lipinski definition) is 4. The van der Waals surface area contributed by atoms with Gasteiger partial charge in [-0.05, 0) is 19.3 Å². The van der Waals surface area contributed by atoms with E-state index in [2.05, 4.69) is 5.92 Å². The summed E-state index contributed by atoms with van der Waals surface area (Å²) in [6.07, 6.45) is 6.93. The summed E-state index contributed by atoms with van der Waals surface area (Å²) < 4.78 is 10.3. The zero-order valence-corrected chi connectivity index (χ0v) is 11.5. The molecule has 1 rings (SSSR count). The van der Waals surface area contributed by atoms with Crippen LogP contribution >= 0.6 is 0 Å². The van der Waals surface area contributed by atoms with Crippen LogP contribution in [0.25, 0.3) is 0 Å². The molecule has 0 fully saturated rings.